The fraction of sp³-hybridized carbons (Fsp3) is 0.500. The number of methoxy groups -OCH3 is 1. The Labute approximate surface area is 68.1 Å². The van der Waals surface area contributed by atoms with Gasteiger partial charge in [-0.15, -0.1) is 0 Å². The lowest BCUT2D eigenvalue weighted by Crippen LogP contribution is -2.13. The predicted molar refractivity (Wildman–Crippen MR) is 35.4 cm³/mol. The first kappa shape index (κ1) is 10.4. The van der Waals surface area contributed by atoms with Crippen molar-refractivity contribution in [1.29, 1.82) is 0 Å². The second-order valence-electron chi connectivity index (χ2n) is 1.82. The summed E-state index contributed by atoms with van der Waals surface area (Å²) < 4.78 is 7.98. The maximum absolute atomic E-state index is 10.5. The van der Waals surface area contributed by atoms with Crippen LogP contribution in [-0.4, -0.2) is 30.3 Å². The van der Waals surface area contributed by atoms with Crippen LogP contribution in [0.1, 0.15) is 12.8 Å². The molecule has 0 fully saturated rings. The lowest BCUT2D eigenvalue weighted by Gasteiger charge is -1.98. The Hall–Kier alpha value is -1.59. The highest BCUT2D eigenvalue weighted by Crippen LogP contribution is 1.94. The highest BCUT2D eigenvalue weighted by atomic mass is 16.7. The zero-order chi connectivity index (χ0) is 9.56. The summed E-state index contributed by atoms with van der Waals surface area (Å²) in [4.78, 5) is 30.7. The monoisotopic (exact) mass is 176 g/mol. The SMILES string of the molecule is COC(=O)OC(=O)CCC(=O)O. The zero-order valence-electron chi connectivity index (χ0n) is 6.40. The molecule has 12 heavy (non-hydrogen) atoms. The van der Waals surface area contributed by atoms with E-state index in [0.717, 1.165) is 7.11 Å². The van der Waals surface area contributed by atoms with Crippen molar-refractivity contribution >= 4 is 18.1 Å². The van der Waals surface area contributed by atoms with Crippen LogP contribution in [0.5, 0.6) is 0 Å². The third-order valence-electron chi connectivity index (χ3n) is 0.907. The maximum Gasteiger partial charge on any atom is 0.515 e. The number of rotatable bonds is 3. The molecule has 0 saturated heterocycles. The molecule has 0 aromatic carbocycles. The summed E-state index contributed by atoms with van der Waals surface area (Å²) in [6.45, 7) is 0. The van der Waals surface area contributed by atoms with Crippen LogP contribution in [0, 0.1) is 0 Å². The van der Waals surface area contributed by atoms with Gasteiger partial charge >= 0.3 is 18.1 Å². The lowest BCUT2D eigenvalue weighted by atomic mass is 10.3. The van der Waals surface area contributed by atoms with Crippen molar-refractivity contribution in [3.63, 3.8) is 0 Å². The summed E-state index contributed by atoms with van der Waals surface area (Å²) in [5.41, 5.74) is 0. The number of aliphatic carboxylic acids is 1. The highest BCUT2D eigenvalue weighted by Gasteiger charge is 2.11. The minimum absolute atomic E-state index is 0.343. The van der Waals surface area contributed by atoms with E-state index >= 15 is 0 Å². The number of esters is 1. The van der Waals surface area contributed by atoms with E-state index in [2.05, 4.69) is 9.47 Å². The van der Waals surface area contributed by atoms with Gasteiger partial charge in [0.25, 0.3) is 0 Å². The van der Waals surface area contributed by atoms with Crippen LogP contribution in [0.3, 0.4) is 0 Å². The van der Waals surface area contributed by atoms with E-state index in [1.807, 2.05) is 0 Å². The Morgan fingerprint density at radius 2 is 1.83 bits per heavy atom. The first-order chi connectivity index (χ1) is 5.56. The largest absolute Gasteiger partial charge is 0.515 e. The van der Waals surface area contributed by atoms with Gasteiger partial charge in [0.2, 0.25) is 0 Å². The van der Waals surface area contributed by atoms with E-state index < -0.39 is 18.1 Å². The summed E-state index contributed by atoms with van der Waals surface area (Å²) in [6.07, 6.45) is -1.84. The van der Waals surface area contributed by atoms with Crippen LogP contribution in [-0.2, 0) is 19.1 Å². The molecular weight excluding hydrogens is 168 g/mol. The molecule has 6 nitrogen and oxygen atoms in total. The quantitative estimate of drug-likeness (QED) is 0.486. The number of hydrogen-bond acceptors (Lipinski definition) is 5. The second-order valence-corrected chi connectivity index (χ2v) is 1.82. The van der Waals surface area contributed by atoms with Gasteiger partial charge in [0, 0.05) is 0 Å². The second kappa shape index (κ2) is 5.11. The molecular formula is C6H8O6. The van der Waals surface area contributed by atoms with E-state index in [-0.39, 0.29) is 12.8 Å². The fourth-order valence-corrected chi connectivity index (χ4v) is 0.395. The molecule has 68 valence electrons. The molecule has 0 aliphatic heterocycles. The van der Waals surface area contributed by atoms with E-state index in [0.29, 0.717) is 0 Å². The van der Waals surface area contributed by atoms with Crippen molar-refractivity contribution in [2.75, 3.05) is 7.11 Å². The van der Waals surface area contributed by atoms with Crippen molar-refractivity contribution in [1.82, 2.24) is 0 Å². The average molecular weight is 176 g/mol. The molecule has 0 saturated carbocycles. The Morgan fingerprint density at radius 3 is 2.25 bits per heavy atom. The smallest absolute Gasteiger partial charge is 0.481 e. The van der Waals surface area contributed by atoms with Crippen LogP contribution in [0.15, 0.2) is 0 Å². The topological polar surface area (TPSA) is 89.9 Å². The zero-order valence-corrected chi connectivity index (χ0v) is 6.40. The minimum atomic E-state index is -1.13. The van der Waals surface area contributed by atoms with Crippen molar-refractivity contribution in [3.05, 3.63) is 0 Å². The molecule has 0 rings (SSSR count). The minimum Gasteiger partial charge on any atom is -0.481 e. The van der Waals surface area contributed by atoms with E-state index in [1.165, 1.54) is 0 Å². The van der Waals surface area contributed by atoms with Crippen molar-refractivity contribution in [2.24, 2.45) is 0 Å². The predicted octanol–water partition coefficient (Wildman–Crippen LogP) is 0.161. The molecule has 0 atom stereocenters. The Balaban J connectivity index is 3.60. The number of carbonyl (C=O) groups is 3. The molecule has 0 aliphatic carbocycles. The number of ether oxygens (including phenoxy) is 2. The van der Waals surface area contributed by atoms with Crippen LogP contribution in [0.4, 0.5) is 4.79 Å². The van der Waals surface area contributed by atoms with Gasteiger partial charge in [-0.1, -0.05) is 0 Å². The van der Waals surface area contributed by atoms with Crippen LogP contribution in [0.25, 0.3) is 0 Å². The Morgan fingerprint density at radius 1 is 1.25 bits per heavy atom. The lowest BCUT2D eigenvalue weighted by molar-refractivity contribution is -0.144. The average Bonchev–Trinajstić information content (AvgIpc) is 2.00. The maximum atomic E-state index is 10.5. The number of carboxylic acid groups (broad SMARTS) is 1. The summed E-state index contributed by atoms with van der Waals surface area (Å²) in [5.74, 6) is -2.04. The summed E-state index contributed by atoms with van der Waals surface area (Å²) in [5, 5.41) is 8.13. The molecule has 0 aliphatic rings. The molecule has 0 radical (unpaired) electrons. The fourth-order valence-electron chi connectivity index (χ4n) is 0.395. The third kappa shape index (κ3) is 5.21. The van der Waals surface area contributed by atoms with Gasteiger partial charge < -0.3 is 14.6 Å². The molecule has 0 unspecified atom stereocenters. The van der Waals surface area contributed by atoms with E-state index in [4.69, 9.17) is 5.11 Å². The Bertz CT molecular complexity index is 196. The van der Waals surface area contributed by atoms with Crippen LogP contribution < -0.4 is 0 Å². The number of carboxylic acids is 1. The standard InChI is InChI=1S/C6H8O6/c1-11-6(10)12-5(9)3-2-4(7)8/h2-3H2,1H3,(H,7,8). The number of carbonyl (C=O) groups excluding carboxylic acids is 2. The normalized spacial score (nSPS) is 8.75. The molecule has 6 heteroatoms. The summed E-state index contributed by atoms with van der Waals surface area (Å²) >= 11 is 0. The summed E-state index contributed by atoms with van der Waals surface area (Å²) in [7, 11) is 1.05. The van der Waals surface area contributed by atoms with E-state index in [1.54, 1.807) is 0 Å². The Kier molecular flexibility index (Phi) is 4.43. The van der Waals surface area contributed by atoms with Gasteiger partial charge in [-0.25, -0.2) is 4.79 Å². The first-order valence-corrected chi connectivity index (χ1v) is 3.06. The van der Waals surface area contributed by atoms with Crippen molar-refractivity contribution in [2.45, 2.75) is 12.8 Å². The summed E-state index contributed by atoms with van der Waals surface area (Å²) in [6, 6.07) is 0. The molecule has 0 aromatic rings. The van der Waals surface area contributed by atoms with Crippen molar-refractivity contribution < 1.29 is 29.0 Å². The van der Waals surface area contributed by atoms with Gasteiger partial charge in [-0.2, -0.15) is 0 Å². The van der Waals surface area contributed by atoms with Crippen LogP contribution >= 0.6 is 0 Å². The molecule has 0 heterocycles. The molecule has 0 spiro atoms. The van der Waals surface area contributed by atoms with Gasteiger partial charge in [0.15, 0.2) is 0 Å². The molecule has 0 bridgehead atoms. The van der Waals surface area contributed by atoms with Crippen molar-refractivity contribution in [3.8, 4) is 0 Å². The highest BCUT2D eigenvalue weighted by molar-refractivity contribution is 5.84. The third-order valence-corrected chi connectivity index (χ3v) is 0.907. The molecule has 0 amide bonds. The van der Waals surface area contributed by atoms with Gasteiger partial charge in [0.05, 0.1) is 20.0 Å². The molecule has 1 N–H and O–H groups in total. The van der Waals surface area contributed by atoms with E-state index in [9.17, 15) is 14.4 Å². The first-order valence-electron chi connectivity index (χ1n) is 3.06. The van der Waals surface area contributed by atoms with Gasteiger partial charge in [-0.05, 0) is 0 Å². The number of hydrogen-bond donors (Lipinski definition) is 1. The van der Waals surface area contributed by atoms with Gasteiger partial charge in [0.1, 0.15) is 0 Å². The van der Waals surface area contributed by atoms with Gasteiger partial charge in [-0.3, -0.25) is 9.59 Å². The molecule has 0 aromatic heterocycles. The van der Waals surface area contributed by atoms with Crippen LogP contribution in [0.2, 0.25) is 0 Å².